The number of hydrogen-bond donors (Lipinski definition) is 2. The van der Waals surface area contributed by atoms with Crippen LogP contribution in [-0.2, 0) is 11.3 Å². The summed E-state index contributed by atoms with van der Waals surface area (Å²) >= 11 is 0. The zero-order valence-electron chi connectivity index (χ0n) is 8.79. The summed E-state index contributed by atoms with van der Waals surface area (Å²) in [5.74, 6) is -0.227. The maximum Gasteiger partial charge on any atom is 0.123 e. The summed E-state index contributed by atoms with van der Waals surface area (Å²) in [5.41, 5.74) is 0.562. The molecule has 1 aromatic carbocycles. The summed E-state index contributed by atoms with van der Waals surface area (Å²) in [6.07, 6.45) is 0. The van der Waals surface area contributed by atoms with Gasteiger partial charge in [0.15, 0.2) is 0 Å². The minimum atomic E-state index is -0.339. The van der Waals surface area contributed by atoms with Crippen LogP contribution in [0.5, 0.6) is 5.75 Å². The van der Waals surface area contributed by atoms with E-state index in [0.29, 0.717) is 31.9 Å². The zero-order chi connectivity index (χ0) is 11.1. The summed E-state index contributed by atoms with van der Waals surface area (Å²) < 4.78 is 17.9. The number of hydrogen-bond acceptors (Lipinski definition) is 3. The molecule has 15 heavy (non-hydrogen) atoms. The van der Waals surface area contributed by atoms with Gasteiger partial charge in [0, 0.05) is 25.3 Å². The van der Waals surface area contributed by atoms with Gasteiger partial charge in [0.2, 0.25) is 0 Å². The average Bonchev–Trinajstić information content (AvgIpc) is 2.23. The first-order valence-electron chi connectivity index (χ1n) is 5.00. The Kier molecular flexibility index (Phi) is 5.07. The Morgan fingerprint density at radius 2 is 2.27 bits per heavy atom. The van der Waals surface area contributed by atoms with Crippen molar-refractivity contribution in [1.82, 2.24) is 5.32 Å². The van der Waals surface area contributed by atoms with E-state index in [2.05, 4.69) is 5.32 Å². The lowest BCUT2D eigenvalue weighted by molar-refractivity contribution is 0.149. The van der Waals surface area contributed by atoms with E-state index < -0.39 is 0 Å². The molecule has 0 saturated heterocycles. The molecular weight excluding hydrogens is 197 g/mol. The van der Waals surface area contributed by atoms with Gasteiger partial charge < -0.3 is 15.2 Å². The molecule has 3 nitrogen and oxygen atoms in total. The molecule has 1 rings (SSSR count). The van der Waals surface area contributed by atoms with E-state index >= 15 is 0 Å². The molecule has 0 unspecified atom stereocenters. The fourth-order valence-corrected chi connectivity index (χ4v) is 1.21. The van der Waals surface area contributed by atoms with Crippen LogP contribution >= 0.6 is 0 Å². The molecule has 0 bridgehead atoms. The molecule has 0 amide bonds. The predicted octanol–water partition coefficient (Wildman–Crippen LogP) is 1.66. The summed E-state index contributed by atoms with van der Waals surface area (Å²) in [6.45, 7) is 4.36. The van der Waals surface area contributed by atoms with Gasteiger partial charge in [-0.1, -0.05) is 0 Å². The van der Waals surface area contributed by atoms with E-state index in [4.69, 9.17) is 4.74 Å². The molecule has 0 heterocycles. The van der Waals surface area contributed by atoms with Gasteiger partial charge in [0.05, 0.1) is 6.61 Å². The first kappa shape index (κ1) is 11.9. The number of nitrogens with one attached hydrogen (secondary N) is 1. The van der Waals surface area contributed by atoms with Gasteiger partial charge in [-0.05, 0) is 25.1 Å². The van der Waals surface area contributed by atoms with Crippen LogP contribution in [0.25, 0.3) is 0 Å². The SMILES string of the molecule is CCOCCNCc1cc(F)ccc1O. The molecule has 0 fully saturated rings. The molecule has 0 radical (unpaired) electrons. The minimum Gasteiger partial charge on any atom is -0.508 e. The second kappa shape index (κ2) is 6.37. The molecule has 0 atom stereocenters. The van der Waals surface area contributed by atoms with E-state index in [1.54, 1.807) is 0 Å². The molecule has 0 aliphatic heterocycles. The van der Waals surface area contributed by atoms with Gasteiger partial charge in [0.25, 0.3) is 0 Å². The summed E-state index contributed by atoms with van der Waals surface area (Å²) in [5, 5.41) is 12.5. The highest BCUT2D eigenvalue weighted by atomic mass is 19.1. The monoisotopic (exact) mass is 213 g/mol. The highest BCUT2D eigenvalue weighted by Crippen LogP contribution is 2.17. The van der Waals surface area contributed by atoms with Crippen LogP contribution in [0.4, 0.5) is 4.39 Å². The number of benzene rings is 1. The van der Waals surface area contributed by atoms with Crippen molar-refractivity contribution in [3.05, 3.63) is 29.6 Å². The van der Waals surface area contributed by atoms with Gasteiger partial charge in [-0.3, -0.25) is 0 Å². The van der Waals surface area contributed by atoms with Crippen LogP contribution < -0.4 is 5.32 Å². The second-order valence-electron chi connectivity index (χ2n) is 3.15. The quantitative estimate of drug-likeness (QED) is 0.706. The first-order chi connectivity index (χ1) is 7.24. The van der Waals surface area contributed by atoms with Gasteiger partial charge in [-0.15, -0.1) is 0 Å². The Hall–Kier alpha value is -1.13. The third-order valence-corrected chi connectivity index (χ3v) is 1.98. The van der Waals surface area contributed by atoms with Crippen molar-refractivity contribution in [2.24, 2.45) is 0 Å². The van der Waals surface area contributed by atoms with Crippen LogP contribution in [0.1, 0.15) is 12.5 Å². The molecule has 0 aliphatic carbocycles. The lowest BCUT2D eigenvalue weighted by atomic mass is 10.2. The number of aromatic hydroxyl groups is 1. The maximum atomic E-state index is 12.8. The molecule has 0 aliphatic rings. The van der Waals surface area contributed by atoms with E-state index in [9.17, 15) is 9.50 Å². The predicted molar refractivity (Wildman–Crippen MR) is 56.3 cm³/mol. The highest BCUT2D eigenvalue weighted by Gasteiger charge is 2.01. The van der Waals surface area contributed by atoms with Crippen molar-refractivity contribution in [3.8, 4) is 5.75 Å². The van der Waals surface area contributed by atoms with Crippen molar-refractivity contribution in [2.45, 2.75) is 13.5 Å². The van der Waals surface area contributed by atoms with Crippen LogP contribution in [0.2, 0.25) is 0 Å². The standard InChI is InChI=1S/C11H16FNO2/c1-2-15-6-5-13-8-9-7-10(12)3-4-11(9)14/h3-4,7,13-14H,2,5-6,8H2,1H3. The van der Waals surface area contributed by atoms with Gasteiger partial charge in [-0.2, -0.15) is 0 Å². The Labute approximate surface area is 88.9 Å². The summed E-state index contributed by atoms with van der Waals surface area (Å²) in [6, 6.07) is 3.91. The molecule has 1 aromatic rings. The van der Waals surface area contributed by atoms with Gasteiger partial charge >= 0.3 is 0 Å². The Bertz CT molecular complexity index is 305. The summed E-state index contributed by atoms with van der Waals surface area (Å²) in [4.78, 5) is 0. The van der Waals surface area contributed by atoms with Gasteiger partial charge in [0.1, 0.15) is 11.6 Å². The lowest BCUT2D eigenvalue weighted by Gasteiger charge is -2.06. The fraction of sp³-hybridized carbons (Fsp3) is 0.455. The number of rotatable bonds is 6. The van der Waals surface area contributed by atoms with Crippen LogP contribution in [-0.4, -0.2) is 24.9 Å². The Morgan fingerprint density at radius 1 is 1.47 bits per heavy atom. The van der Waals surface area contributed by atoms with Crippen molar-refractivity contribution >= 4 is 0 Å². The largest absolute Gasteiger partial charge is 0.508 e. The van der Waals surface area contributed by atoms with Crippen LogP contribution in [0.15, 0.2) is 18.2 Å². The number of phenolic OH excluding ortho intramolecular Hbond substituents is 1. The number of phenols is 1. The molecular formula is C11H16FNO2. The van der Waals surface area contributed by atoms with E-state index in [1.807, 2.05) is 6.92 Å². The third kappa shape index (κ3) is 4.27. The van der Waals surface area contributed by atoms with E-state index in [0.717, 1.165) is 0 Å². The Balaban J connectivity index is 2.33. The lowest BCUT2D eigenvalue weighted by Crippen LogP contribution is -2.19. The van der Waals surface area contributed by atoms with Crippen molar-refractivity contribution in [2.75, 3.05) is 19.8 Å². The minimum absolute atomic E-state index is 0.111. The molecule has 0 spiro atoms. The fourth-order valence-electron chi connectivity index (χ4n) is 1.21. The maximum absolute atomic E-state index is 12.8. The third-order valence-electron chi connectivity index (χ3n) is 1.98. The van der Waals surface area contributed by atoms with Crippen molar-refractivity contribution < 1.29 is 14.2 Å². The highest BCUT2D eigenvalue weighted by molar-refractivity contribution is 5.32. The first-order valence-corrected chi connectivity index (χ1v) is 5.00. The van der Waals surface area contributed by atoms with Crippen LogP contribution in [0.3, 0.4) is 0 Å². The topological polar surface area (TPSA) is 41.5 Å². The summed E-state index contributed by atoms with van der Waals surface area (Å²) in [7, 11) is 0. The number of halogens is 1. The van der Waals surface area contributed by atoms with E-state index in [1.165, 1.54) is 18.2 Å². The smallest absolute Gasteiger partial charge is 0.123 e. The van der Waals surface area contributed by atoms with Crippen molar-refractivity contribution in [3.63, 3.8) is 0 Å². The van der Waals surface area contributed by atoms with E-state index in [-0.39, 0.29) is 11.6 Å². The second-order valence-corrected chi connectivity index (χ2v) is 3.15. The normalized spacial score (nSPS) is 10.5. The van der Waals surface area contributed by atoms with Crippen molar-refractivity contribution in [1.29, 1.82) is 0 Å². The Morgan fingerprint density at radius 3 is 3.00 bits per heavy atom. The average molecular weight is 213 g/mol. The zero-order valence-corrected chi connectivity index (χ0v) is 8.79. The molecule has 4 heteroatoms. The number of ether oxygens (including phenoxy) is 1. The molecule has 84 valence electrons. The molecule has 2 N–H and O–H groups in total. The molecule has 0 saturated carbocycles. The van der Waals surface area contributed by atoms with Gasteiger partial charge in [-0.25, -0.2) is 4.39 Å². The van der Waals surface area contributed by atoms with Crippen LogP contribution in [0, 0.1) is 5.82 Å². The molecule has 0 aromatic heterocycles.